The van der Waals surface area contributed by atoms with Gasteiger partial charge in [0.2, 0.25) is 0 Å². The van der Waals surface area contributed by atoms with Gasteiger partial charge in [0.25, 0.3) is 0 Å². The highest BCUT2D eigenvalue weighted by Gasteiger charge is 2.22. The molecule has 0 saturated carbocycles. The zero-order valence-corrected chi connectivity index (χ0v) is 13.4. The molecule has 0 aliphatic carbocycles. The van der Waals surface area contributed by atoms with E-state index in [9.17, 15) is 4.79 Å². The number of nitrogens with one attached hydrogen (secondary N) is 1. The van der Waals surface area contributed by atoms with Crippen molar-refractivity contribution in [3.8, 4) is 0 Å². The van der Waals surface area contributed by atoms with Crippen molar-refractivity contribution in [2.75, 3.05) is 13.1 Å². The first kappa shape index (κ1) is 15.7. The molecule has 0 spiro atoms. The van der Waals surface area contributed by atoms with Gasteiger partial charge in [-0.1, -0.05) is 20.8 Å². The predicted octanol–water partition coefficient (Wildman–Crippen LogP) is 3.49. The smallest absolute Gasteiger partial charge is 0.303 e. The Morgan fingerprint density at radius 2 is 2.28 bits per heavy atom. The number of halogens is 1. The van der Waals surface area contributed by atoms with Crippen molar-refractivity contribution < 1.29 is 9.90 Å². The van der Waals surface area contributed by atoms with Crippen molar-refractivity contribution in [1.82, 2.24) is 5.32 Å². The number of thiophene rings is 1. The third-order valence-electron chi connectivity index (χ3n) is 2.82. The molecular weight excluding hydrogens is 314 g/mol. The summed E-state index contributed by atoms with van der Waals surface area (Å²) in [5.74, 6) is -0.570. The van der Waals surface area contributed by atoms with Crippen molar-refractivity contribution >= 4 is 33.2 Å². The summed E-state index contributed by atoms with van der Waals surface area (Å²) in [6, 6.07) is 2.15. The lowest BCUT2D eigenvalue weighted by atomic mass is 9.91. The van der Waals surface area contributed by atoms with Crippen LogP contribution in [-0.4, -0.2) is 24.2 Å². The molecular formula is C13H20BrNO2S. The Morgan fingerprint density at radius 3 is 2.78 bits per heavy atom. The van der Waals surface area contributed by atoms with Gasteiger partial charge < -0.3 is 10.4 Å². The topological polar surface area (TPSA) is 49.3 Å². The van der Waals surface area contributed by atoms with Crippen molar-refractivity contribution in [1.29, 1.82) is 0 Å². The van der Waals surface area contributed by atoms with Gasteiger partial charge in [-0.05, 0) is 34.5 Å². The van der Waals surface area contributed by atoms with Crippen LogP contribution < -0.4 is 5.32 Å². The summed E-state index contributed by atoms with van der Waals surface area (Å²) in [6.07, 6.45) is 0.220. The second kappa shape index (κ2) is 6.68. The first-order chi connectivity index (χ1) is 8.31. The lowest BCUT2D eigenvalue weighted by Gasteiger charge is -2.24. The number of rotatable bonds is 7. The second-order valence-corrected chi connectivity index (χ2v) is 7.17. The molecule has 18 heavy (non-hydrogen) atoms. The number of carboxylic acids is 1. The average molecular weight is 334 g/mol. The Hall–Kier alpha value is -0.390. The van der Waals surface area contributed by atoms with Crippen LogP contribution in [0.4, 0.5) is 0 Å². The highest BCUT2D eigenvalue weighted by molar-refractivity contribution is 9.10. The van der Waals surface area contributed by atoms with Crippen LogP contribution in [-0.2, 0) is 10.2 Å². The van der Waals surface area contributed by atoms with Gasteiger partial charge in [-0.15, -0.1) is 11.3 Å². The fourth-order valence-corrected chi connectivity index (χ4v) is 3.31. The monoisotopic (exact) mass is 333 g/mol. The van der Waals surface area contributed by atoms with Gasteiger partial charge in [0.15, 0.2) is 0 Å². The van der Waals surface area contributed by atoms with E-state index < -0.39 is 5.97 Å². The summed E-state index contributed by atoms with van der Waals surface area (Å²) in [6.45, 7) is 7.93. The summed E-state index contributed by atoms with van der Waals surface area (Å²) in [5, 5.41) is 14.1. The minimum atomic E-state index is -0.731. The van der Waals surface area contributed by atoms with Crippen molar-refractivity contribution in [2.24, 2.45) is 5.92 Å². The Labute approximate surface area is 121 Å². The zero-order chi connectivity index (χ0) is 13.8. The number of carboxylic acid groups (broad SMARTS) is 1. The minimum absolute atomic E-state index is 0.0691. The summed E-state index contributed by atoms with van der Waals surface area (Å²) >= 11 is 5.21. The zero-order valence-electron chi connectivity index (χ0n) is 11.0. The van der Waals surface area contributed by atoms with E-state index in [4.69, 9.17) is 5.11 Å². The second-order valence-electron chi connectivity index (χ2n) is 5.35. The van der Waals surface area contributed by atoms with Gasteiger partial charge in [0, 0.05) is 33.1 Å². The van der Waals surface area contributed by atoms with Crippen molar-refractivity contribution in [2.45, 2.75) is 32.6 Å². The molecule has 1 aromatic rings. The van der Waals surface area contributed by atoms with Gasteiger partial charge in [0.1, 0.15) is 0 Å². The SMILES string of the molecule is CC(CNCC(C)(C)c1cc(Br)cs1)CC(=O)O. The van der Waals surface area contributed by atoms with Gasteiger partial charge >= 0.3 is 5.97 Å². The van der Waals surface area contributed by atoms with Gasteiger partial charge in [-0.3, -0.25) is 4.79 Å². The molecule has 1 aromatic heterocycles. The molecule has 2 N–H and O–H groups in total. The number of hydrogen-bond acceptors (Lipinski definition) is 3. The quantitative estimate of drug-likeness (QED) is 0.802. The molecule has 1 rings (SSSR count). The van der Waals surface area contributed by atoms with Gasteiger partial charge in [-0.2, -0.15) is 0 Å². The van der Waals surface area contributed by atoms with Crippen LogP contribution >= 0.6 is 27.3 Å². The summed E-state index contributed by atoms with van der Waals surface area (Å²) in [4.78, 5) is 11.9. The van der Waals surface area contributed by atoms with Gasteiger partial charge in [-0.25, -0.2) is 0 Å². The molecule has 3 nitrogen and oxygen atoms in total. The molecule has 1 unspecified atom stereocenters. The fourth-order valence-electron chi connectivity index (χ4n) is 1.76. The fraction of sp³-hybridized carbons (Fsp3) is 0.615. The molecule has 0 bridgehead atoms. The molecule has 0 aromatic carbocycles. The lowest BCUT2D eigenvalue weighted by molar-refractivity contribution is -0.137. The third kappa shape index (κ3) is 5.08. The van der Waals surface area contributed by atoms with Crippen LogP contribution in [0.25, 0.3) is 0 Å². The summed E-state index contributed by atoms with van der Waals surface area (Å²) in [7, 11) is 0. The van der Waals surface area contributed by atoms with Crippen molar-refractivity contribution in [3.05, 3.63) is 20.8 Å². The van der Waals surface area contributed by atoms with Crippen LogP contribution in [0.2, 0.25) is 0 Å². The average Bonchev–Trinajstić information content (AvgIpc) is 2.64. The highest BCUT2D eigenvalue weighted by atomic mass is 79.9. The van der Waals surface area contributed by atoms with E-state index in [2.05, 4.69) is 46.5 Å². The largest absolute Gasteiger partial charge is 0.481 e. The van der Waals surface area contributed by atoms with E-state index in [-0.39, 0.29) is 17.8 Å². The Kier molecular flexibility index (Phi) is 5.82. The standard InChI is InChI=1S/C13H20BrNO2S/c1-9(4-12(16)17)6-15-8-13(2,3)11-5-10(14)7-18-11/h5,7,9,15H,4,6,8H2,1-3H3,(H,16,17). The summed E-state index contributed by atoms with van der Waals surface area (Å²) in [5.41, 5.74) is 0.0691. The first-order valence-electron chi connectivity index (χ1n) is 5.98. The molecule has 1 heterocycles. The third-order valence-corrected chi connectivity index (χ3v) is 4.87. The normalized spacial score (nSPS) is 13.6. The van der Waals surface area contributed by atoms with Crippen molar-refractivity contribution in [3.63, 3.8) is 0 Å². The Bertz CT molecular complexity index is 403. The maximum atomic E-state index is 10.6. The molecule has 5 heteroatoms. The van der Waals surface area contributed by atoms with E-state index in [0.29, 0.717) is 0 Å². The van der Waals surface area contributed by atoms with Crippen LogP contribution in [0.5, 0.6) is 0 Å². The molecule has 1 atom stereocenters. The van der Waals surface area contributed by atoms with Crippen LogP contribution in [0, 0.1) is 5.92 Å². The Balaban J connectivity index is 2.40. The van der Waals surface area contributed by atoms with Crippen LogP contribution in [0.3, 0.4) is 0 Å². The highest BCUT2D eigenvalue weighted by Crippen LogP contribution is 2.31. The molecule has 102 valence electrons. The van der Waals surface area contributed by atoms with E-state index in [1.807, 2.05) is 6.92 Å². The lowest BCUT2D eigenvalue weighted by Crippen LogP contribution is -2.35. The van der Waals surface area contributed by atoms with Crippen LogP contribution in [0.1, 0.15) is 32.1 Å². The predicted molar refractivity (Wildman–Crippen MR) is 79.3 cm³/mol. The van der Waals surface area contributed by atoms with Crippen LogP contribution in [0.15, 0.2) is 15.9 Å². The first-order valence-corrected chi connectivity index (χ1v) is 7.65. The number of aliphatic carboxylic acids is 1. The van der Waals surface area contributed by atoms with E-state index in [1.165, 1.54) is 4.88 Å². The Morgan fingerprint density at radius 1 is 1.61 bits per heavy atom. The van der Waals surface area contributed by atoms with E-state index >= 15 is 0 Å². The van der Waals surface area contributed by atoms with E-state index in [0.717, 1.165) is 17.6 Å². The number of hydrogen-bond donors (Lipinski definition) is 2. The molecule has 0 fully saturated rings. The number of carbonyl (C=O) groups is 1. The maximum absolute atomic E-state index is 10.6. The maximum Gasteiger partial charge on any atom is 0.303 e. The van der Waals surface area contributed by atoms with E-state index in [1.54, 1.807) is 11.3 Å². The molecule has 0 amide bonds. The molecule has 0 aliphatic heterocycles. The van der Waals surface area contributed by atoms with Gasteiger partial charge in [0.05, 0.1) is 0 Å². The molecule has 0 aliphatic rings. The molecule has 0 saturated heterocycles. The molecule has 0 radical (unpaired) electrons. The summed E-state index contributed by atoms with van der Waals surface area (Å²) < 4.78 is 1.12. The minimum Gasteiger partial charge on any atom is -0.481 e.